The SMILES string of the molecule is CC(=O)O.CC(=O)O.[K+]. The second kappa shape index (κ2) is 11.4. The van der Waals surface area contributed by atoms with E-state index in [4.69, 9.17) is 19.8 Å². The summed E-state index contributed by atoms with van der Waals surface area (Å²) in [5.41, 5.74) is 0. The zero-order chi connectivity index (χ0) is 7.15. The molecule has 2 N–H and O–H groups in total. The molecule has 48 valence electrons. The number of carbonyl (C=O) groups is 2. The van der Waals surface area contributed by atoms with Crippen molar-refractivity contribution in [3.8, 4) is 0 Å². The van der Waals surface area contributed by atoms with E-state index >= 15 is 0 Å². The fraction of sp³-hybridized carbons (Fsp3) is 0.500. The summed E-state index contributed by atoms with van der Waals surface area (Å²) in [7, 11) is 0. The molecule has 0 radical (unpaired) electrons. The largest absolute Gasteiger partial charge is 1.00 e. The molecule has 0 rings (SSSR count). The normalized spacial score (nSPS) is 5.56. The van der Waals surface area contributed by atoms with Crippen LogP contribution in [-0.2, 0) is 9.59 Å². The zero-order valence-corrected chi connectivity index (χ0v) is 8.83. The Morgan fingerprint density at radius 3 is 1.00 bits per heavy atom. The third-order valence-electron chi connectivity index (χ3n) is 0. The number of hydrogen-bond acceptors (Lipinski definition) is 2. The summed E-state index contributed by atoms with van der Waals surface area (Å²) in [6, 6.07) is 0. The van der Waals surface area contributed by atoms with Gasteiger partial charge in [-0.15, -0.1) is 0 Å². The number of carboxylic acids is 2. The molecule has 0 aromatic heterocycles. The fourth-order valence-electron chi connectivity index (χ4n) is 0. The summed E-state index contributed by atoms with van der Waals surface area (Å²) in [6.07, 6.45) is 0. The van der Waals surface area contributed by atoms with Crippen LogP contribution in [0.3, 0.4) is 0 Å². The van der Waals surface area contributed by atoms with E-state index in [9.17, 15) is 0 Å². The summed E-state index contributed by atoms with van der Waals surface area (Å²) in [5, 5.41) is 14.8. The van der Waals surface area contributed by atoms with Gasteiger partial charge < -0.3 is 10.2 Å². The van der Waals surface area contributed by atoms with Gasteiger partial charge in [-0.05, 0) is 0 Å². The third-order valence-corrected chi connectivity index (χ3v) is 0. The molecule has 0 unspecified atom stereocenters. The molecule has 0 aliphatic carbocycles. The number of hydrogen-bond donors (Lipinski definition) is 2. The smallest absolute Gasteiger partial charge is 0.481 e. The molecular formula is C4H8KO4+. The van der Waals surface area contributed by atoms with Crippen molar-refractivity contribution < 1.29 is 71.2 Å². The molecule has 0 spiro atoms. The number of carboxylic acid groups (broad SMARTS) is 2. The maximum absolute atomic E-state index is 9.00. The standard InChI is InChI=1S/2C2H4O2.K/c2*1-2(3)4;/h2*1H3,(H,3,4);/q;;+1. The van der Waals surface area contributed by atoms with Crippen molar-refractivity contribution in [3.63, 3.8) is 0 Å². The molecular weight excluding hydrogens is 151 g/mol. The molecule has 4 nitrogen and oxygen atoms in total. The van der Waals surface area contributed by atoms with Gasteiger partial charge in [-0.2, -0.15) is 0 Å². The Balaban J connectivity index is -0.0000000720. The molecule has 9 heavy (non-hydrogen) atoms. The molecule has 0 heterocycles. The van der Waals surface area contributed by atoms with Crippen LogP contribution in [0.4, 0.5) is 0 Å². The van der Waals surface area contributed by atoms with E-state index in [1.807, 2.05) is 0 Å². The van der Waals surface area contributed by atoms with E-state index in [0.29, 0.717) is 0 Å². The van der Waals surface area contributed by atoms with Crippen molar-refractivity contribution in [2.45, 2.75) is 13.8 Å². The van der Waals surface area contributed by atoms with E-state index in [-0.39, 0.29) is 51.4 Å². The second-order valence-corrected chi connectivity index (χ2v) is 1.04. The minimum Gasteiger partial charge on any atom is -0.481 e. The molecule has 0 saturated carbocycles. The zero-order valence-electron chi connectivity index (χ0n) is 5.71. The molecule has 0 aliphatic rings. The molecule has 0 amide bonds. The van der Waals surface area contributed by atoms with Gasteiger partial charge in [0.25, 0.3) is 11.9 Å². The van der Waals surface area contributed by atoms with Crippen molar-refractivity contribution in [3.05, 3.63) is 0 Å². The van der Waals surface area contributed by atoms with Gasteiger partial charge in [-0.1, -0.05) is 0 Å². The van der Waals surface area contributed by atoms with Gasteiger partial charge in [-0.25, -0.2) is 0 Å². The molecule has 5 heteroatoms. The van der Waals surface area contributed by atoms with E-state index in [1.54, 1.807) is 0 Å². The van der Waals surface area contributed by atoms with E-state index in [1.165, 1.54) is 0 Å². The Kier molecular flexibility index (Phi) is 20.6. The van der Waals surface area contributed by atoms with Gasteiger partial charge >= 0.3 is 51.4 Å². The van der Waals surface area contributed by atoms with Crippen LogP contribution in [0.15, 0.2) is 0 Å². The molecule has 0 saturated heterocycles. The summed E-state index contributed by atoms with van der Waals surface area (Å²) < 4.78 is 0. The first kappa shape index (κ1) is 16.3. The van der Waals surface area contributed by atoms with Crippen LogP contribution < -0.4 is 51.4 Å². The van der Waals surface area contributed by atoms with Crippen molar-refractivity contribution >= 4 is 11.9 Å². The third kappa shape index (κ3) is 1120. The van der Waals surface area contributed by atoms with E-state index in [2.05, 4.69) is 0 Å². The van der Waals surface area contributed by atoms with Crippen molar-refractivity contribution in [2.24, 2.45) is 0 Å². The number of rotatable bonds is 0. The van der Waals surface area contributed by atoms with Crippen molar-refractivity contribution in [2.75, 3.05) is 0 Å². The molecule has 0 fully saturated rings. The topological polar surface area (TPSA) is 74.6 Å². The van der Waals surface area contributed by atoms with Crippen molar-refractivity contribution in [1.29, 1.82) is 0 Å². The predicted octanol–water partition coefficient (Wildman–Crippen LogP) is -2.81. The van der Waals surface area contributed by atoms with Crippen LogP contribution in [-0.4, -0.2) is 22.2 Å². The monoisotopic (exact) mass is 159 g/mol. The molecule has 0 aliphatic heterocycles. The summed E-state index contributed by atoms with van der Waals surface area (Å²) in [6.45, 7) is 2.17. The molecule has 0 aromatic carbocycles. The Morgan fingerprint density at radius 2 is 1.00 bits per heavy atom. The Morgan fingerprint density at radius 1 is 1.00 bits per heavy atom. The molecule has 0 atom stereocenters. The average molecular weight is 159 g/mol. The van der Waals surface area contributed by atoms with E-state index in [0.717, 1.165) is 13.8 Å². The van der Waals surface area contributed by atoms with Gasteiger partial charge in [0.15, 0.2) is 0 Å². The Bertz CT molecular complexity index is 70.6. The Hall–Kier alpha value is 0.576. The van der Waals surface area contributed by atoms with Crippen LogP contribution >= 0.6 is 0 Å². The minimum absolute atomic E-state index is 0. The minimum atomic E-state index is -0.833. The average Bonchev–Trinajstić information content (AvgIpc) is 1.25. The van der Waals surface area contributed by atoms with Gasteiger partial charge in [0.1, 0.15) is 0 Å². The summed E-state index contributed by atoms with van der Waals surface area (Å²) in [4.78, 5) is 18.0. The summed E-state index contributed by atoms with van der Waals surface area (Å²) in [5.74, 6) is -1.67. The van der Waals surface area contributed by atoms with Crippen LogP contribution in [0.5, 0.6) is 0 Å². The summed E-state index contributed by atoms with van der Waals surface area (Å²) >= 11 is 0. The van der Waals surface area contributed by atoms with Crippen molar-refractivity contribution in [1.82, 2.24) is 0 Å². The fourth-order valence-corrected chi connectivity index (χ4v) is 0. The van der Waals surface area contributed by atoms with Gasteiger partial charge in [0.2, 0.25) is 0 Å². The first-order chi connectivity index (χ1) is 3.46. The maximum Gasteiger partial charge on any atom is 1.00 e. The van der Waals surface area contributed by atoms with Gasteiger partial charge in [0.05, 0.1) is 0 Å². The van der Waals surface area contributed by atoms with Crippen LogP contribution in [0.1, 0.15) is 13.8 Å². The van der Waals surface area contributed by atoms with Crippen LogP contribution in [0, 0.1) is 0 Å². The maximum atomic E-state index is 9.00. The Labute approximate surface area is 95.7 Å². The van der Waals surface area contributed by atoms with Crippen LogP contribution in [0.25, 0.3) is 0 Å². The quantitative estimate of drug-likeness (QED) is 0.374. The van der Waals surface area contributed by atoms with Gasteiger partial charge in [0, 0.05) is 13.8 Å². The second-order valence-electron chi connectivity index (χ2n) is 1.04. The molecule has 0 bridgehead atoms. The van der Waals surface area contributed by atoms with Gasteiger partial charge in [-0.3, -0.25) is 9.59 Å². The number of aliphatic carboxylic acids is 2. The first-order valence-electron chi connectivity index (χ1n) is 1.86. The van der Waals surface area contributed by atoms with Crippen LogP contribution in [0.2, 0.25) is 0 Å². The first-order valence-corrected chi connectivity index (χ1v) is 1.86. The predicted molar refractivity (Wildman–Crippen MR) is 26.6 cm³/mol. The van der Waals surface area contributed by atoms with E-state index < -0.39 is 11.9 Å². The molecule has 0 aromatic rings.